The summed E-state index contributed by atoms with van der Waals surface area (Å²) in [6.07, 6.45) is 0.820. The van der Waals surface area contributed by atoms with Gasteiger partial charge in [0, 0.05) is 25.4 Å². The number of benzene rings is 1. The van der Waals surface area contributed by atoms with Crippen LogP contribution in [0.1, 0.15) is 24.8 Å². The van der Waals surface area contributed by atoms with Crippen LogP contribution in [0.5, 0.6) is 0 Å². The Morgan fingerprint density at radius 1 is 1.23 bits per heavy atom. The highest BCUT2D eigenvalue weighted by Crippen LogP contribution is 2.31. The van der Waals surface area contributed by atoms with Gasteiger partial charge in [-0.25, -0.2) is 21.1 Å². The van der Waals surface area contributed by atoms with Crippen molar-refractivity contribution in [2.45, 2.75) is 31.1 Å². The average molecular weight is 397 g/mol. The Morgan fingerprint density at radius 2 is 1.88 bits per heavy atom. The molecule has 0 N–H and O–H groups in total. The largest absolute Gasteiger partial charge is 0.273 e. The fourth-order valence-corrected chi connectivity index (χ4v) is 6.39. The number of aryl methyl sites for hydroxylation is 1. The predicted octanol–water partition coefficient (Wildman–Crippen LogP) is 0.986. The highest BCUT2D eigenvalue weighted by molar-refractivity contribution is 7.94. The van der Waals surface area contributed by atoms with E-state index in [-0.39, 0.29) is 41.8 Å². The lowest BCUT2D eigenvalue weighted by Crippen LogP contribution is -2.38. The lowest BCUT2D eigenvalue weighted by atomic mass is 10.0. The van der Waals surface area contributed by atoms with Gasteiger partial charge in [-0.2, -0.15) is 9.57 Å². The fraction of sp³-hybridized carbons (Fsp3) is 0.500. The van der Waals surface area contributed by atoms with Crippen LogP contribution in [0.4, 0.5) is 5.69 Å². The van der Waals surface area contributed by atoms with Gasteiger partial charge in [0.15, 0.2) is 0 Å². The molecule has 1 aromatic rings. The summed E-state index contributed by atoms with van der Waals surface area (Å²) in [5, 5.41) is 8.96. The van der Waals surface area contributed by atoms with Crippen LogP contribution in [-0.4, -0.2) is 45.9 Å². The number of carbonyl (C=O) groups is 1. The lowest BCUT2D eigenvalue weighted by Gasteiger charge is -2.29. The van der Waals surface area contributed by atoms with E-state index in [9.17, 15) is 21.6 Å². The number of anilines is 1. The van der Waals surface area contributed by atoms with Crippen molar-refractivity contribution in [3.8, 4) is 6.07 Å². The molecule has 2 fully saturated rings. The number of nitrogens with zero attached hydrogens (tertiary/aromatic N) is 3. The molecule has 1 amide bonds. The molecule has 0 unspecified atom stereocenters. The van der Waals surface area contributed by atoms with Crippen LogP contribution in [0.15, 0.2) is 23.1 Å². The maximum Gasteiger partial charge on any atom is 0.243 e. The first-order chi connectivity index (χ1) is 12.2. The van der Waals surface area contributed by atoms with Crippen molar-refractivity contribution in [3.63, 3.8) is 0 Å². The molecule has 0 aliphatic carbocycles. The topological polar surface area (TPSA) is 116 Å². The van der Waals surface area contributed by atoms with Crippen LogP contribution in [0, 0.1) is 24.2 Å². The number of amides is 1. The maximum absolute atomic E-state index is 13.0. The molecule has 8 nitrogen and oxygen atoms in total. The standard InChI is InChI=1S/C16H19N3O5S2/c1-12-2-3-14(19-16(20)6-9-25(19,21)22)10-15(12)26(23,24)18-7-4-13(11-17)5-8-18/h2-3,10,13H,4-9H2,1H3. The van der Waals surface area contributed by atoms with Crippen molar-refractivity contribution in [2.24, 2.45) is 5.92 Å². The summed E-state index contributed by atoms with van der Waals surface area (Å²) in [4.78, 5) is 11.9. The Hall–Kier alpha value is -1.96. The van der Waals surface area contributed by atoms with Gasteiger partial charge >= 0.3 is 0 Å². The van der Waals surface area contributed by atoms with Gasteiger partial charge in [0.05, 0.1) is 22.4 Å². The zero-order chi connectivity index (χ0) is 19.1. The van der Waals surface area contributed by atoms with E-state index in [0.717, 1.165) is 0 Å². The number of rotatable bonds is 3. The molecule has 0 saturated carbocycles. The van der Waals surface area contributed by atoms with Gasteiger partial charge in [0.2, 0.25) is 26.0 Å². The van der Waals surface area contributed by atoms with Crippen LogP contribution in [0.25, 0.3) is 0 Å². The molecule has 2 aliphatic rings. The van der Waals surface area contributed by atoms with E-state index in [1.165, 1.54) is 22.5 Å². The number of piperidine rings is 1. The van der Waals surface area contributed by atoms with Gasteiger partial charge < -0.3 is 0 Å². The molecule has 10 heteroatoms. The average Bonchev–Trinajstić information content (AvgIpc) is 2.88. The van der Waals surface area contributed by atoms with Gasteiger partial charge in [0.25, 0.3) is 0 Å². The third-order valence-electron chi connectivity index (χ3n) is 4.74. The SMILES string of the molecule is Cc1ccc(N2C(=O)CCS2(=O)=O)cc1S(=O)(=O)N1CCC(C#N)CC1. The molecule has 26 heavy (non-hydrogen) atoms. The number of carbonyl (C=O) groups excluding carboxylic acids is 1. The molecule has 140 valence electrons. The summed E-state index contributed by atoms with van der Waals surface area (Å²) < 4.78 is 52.2. The van der Waals surface area contributed by atoms with Crippen LogP contribution < -0.4 is 4.31 Å². The molecule has 0 bridgehead atoms. The molecule has 0 spiro atoms. The monoisotopic (exact) mass is 397 g/mol. The van der Waals surface area contributed by atoms with Crippen molar-refractivity contribution < 1.29 is 21.6 Å². The van der Waals surface area contributed by atoms with Gasteiger partial charge in [-0.15, -0.1) is 0 Å². The normalized spacial score (nSPS) is 21.7. The van der Waals surface area contributed by atoms with Gasteiger partial charge in [-0.3, -0.25) is 4.79 Å². The number of hydrogen-bond donors (Lipinski definition) is 0. The predicted molar refractivity (Wildman–Crippen MR) is 94.2 cm³/mol. The second-order valence-corrected chi connectivity index (χ2v) is 10.3. The first-order valence-electron chi connectivity index (χ1n) is 8.23. The highest BCUT2D eigenvalue weighted by Gasteiger charge is 2.37. The van der Waals surface area contributed by atoms with Crippen LogP contribution in [-0.2, 0) is 24.8 Å². The molecular weight excluding hydrogens is 378 g/mol. The Kier molecular flexibility index (Phi) is 4.81. The van der Waals surface area contributed by atoms with E-state index in [1.54, 1.807) is 6.92 Å². The number of hydrogen-bond acceptors (Lipinski definition) is 6. The molecule has 0 atom stereocenters. The molecular formula is C16H19N3O5S2. The number of sulfonamides is 2. The summed E-state index contributed by atoms with van der Waals surface area (Å²) in [6.45, 7) is 2.11. The minimum atomic E-state index is -3.84. The van der Waals surface area contributed by atoms with Gasteiger partial charge in [-0.1, -0.05) is 6.07 Å². The van der Waals surface area contributed by atoms with Gasteiger partial charge in [-0.05, 0) is 37.5 Å². The number of nitriles is 1. The minimum Gasteiger partial charge on any atom is -0.273 e. The fourth-order valence-electron chi connectivity index (χ4n) is 3.23. The third kappa shape index (κ3) is 3.22. The molecule has 1 aromatic carbocycles. The summed E-state index contributed by atoms with van der Waals surface area (Å²) in [7, 11) is -7.60. The summed E-state index contributed by atoms with van der Waals surface area (Å²) in [5.41, 5.74) is 0.517. The molecule has 0 radical (unpaired) electrons. The first-order valence-corrected chi connectivity index (χ1v) is 11.3. The van der Waals surface area contributed by atoms with Gasteiger partial charge in [0.1, 0.15) is 0 Å². The molecule has 2 heterocycles. The molecule has 2 saturated heterocycles. The Bertz CT molecular complexity index is 987. The summed E-state index contributed by atoms with van der Waals surface area (Å²) in [5.74, 6) is -0.989. The zero-order valence-corrected chi connectivity index (χ0v) is 15.9. The van der Waals surface area contributed by atoms with Crippen LogP contribution in [0.3, 0.4) is 0 Å². The Balaban J connectivity index is 1.98. The van der Waals surface area contributed by atoms with E-state index in [0.29, 0.717) is 22.7 Å². The van der Waals surface area contributed by atoms with Crippen LogP contribution in [0.2, 0.25) is 0 Å². The minimum absolute atomic E-state index is 0.0136. The highest BCUT2D eigenvalue weighted by atomic mass is 32.2. The molecule has 0 aromatic heterocycles. The second-order valence-electron chi connectivity index (χ2n) is 6.48. The van der Waals surface area contributed by atoms with E-state index in [4.69, 9.17) is 5.26 Å². The van der Waals surface area contributed by atoms with E-state index in [2.05, 4.69) is 6.07 Å². The Labute approximate surface area is 153 Å². The second kappa shape index (κ2) is 6.64. The van der Waals surface area contributed by atoms with Crippen molar-refractivity contribution in [2.75, 3.05) is 23.1 Å². The smallest absolute Gasteiger partial charge is 0.243 e. The van der Waals surface area contributed by atoms with Crippen molar-refractivity contribution in [3.05, 3.63) is 23.8 Å². The summed E-state index contributed by atoms with van der Waals surface area (Å²) >= 11 is 0. The van der Waals surface area contributed by atoms with Crippen molar-refractivity contribution in [1.29, 1.82) is 5.26 Å². The van der Waals surface area contributed by atoms with E-state index >= 15 is 0 Å². The third-order valence-corrected chi connectivity index (χ3v) is 8.47. The van der Waals surface area contributed by atoms with Crippen molar-refractivity contribution >= 4 is 31.6 Å². The van der Waals surface area contributed by atoms with E-state index < -0.39 is 26.0 Å². The zero-order valence-electron chi connectivity index (χ0n) is 14.3. The quantitative estimate of drug-likeness (QED) is 0.751. The first kappa shape index (κ1) is 18.8. The van der Waals surface area contributed by atoms with Crippen LogP contribution >= 0.6 is 0 Å². The molecule has 2 aliphatic heterocycles. The molecule has 3 rings (SSSR count). The summed E-state index contributed by atoms with van der Waals surface area (Å²) in [6, 6.07) is 6.35. The Morgan fingerprint density at radius 3 is 2.42 bits per heavy atom. The van der Waals surface area contributed by atoms with E-state index in [1.807, 2.05) is 0 Å². The lowest BCUT2D eigenvalue weighted by molar-refractivity contribution is -0.116. The van der Waals surface area contributed by atoms with Crippen molar-refractivity contribution in [1.82, 2.24) is 4.31 Å². The maximum atomic E-state index is 13.0.